The number of sulfonamides is 1. The van der Waals surface area contributed by atoms with Gasteiger partial charge in [0.1, 0.15) is 0 Å². The number of hydrogen-bond donors (Lipinski definition) is 2. The molecule has 0 amide bonds. The van der Waals surface area contributed by atoms with Crippen molar-refractivity contribution in [3.8, 4) is 0 Å². The normalized spacial score (nSPS) is 17.4. The monoisotopic (exact) mass is 556 g/mol. The van der Waals surface area contributed by atoms with E-state index in [0.717, 1.165) is 24.3 Å². The predicted molar refractivity (Wildman–Crippen MR) is 131 cm³/mol. The Balaban J connectivity index is 0.00000420. The minimum Gasteiger partial charge on any atom is -0.357 e. The lowest BCUT2D eigenvalue weighted by atomic mass is 10.1. The molecular formula is C19H33IN4O3S2. The van der Waals surface area contributed by atoms with Gasteiger partial charge in [-0.05, 0) is 38.3 Å². The second-order valence-corrected chi connectivity index (χ2v) is 10.4. The molecule has 0 aromatic heterocycles. The number of rotatable bonds is 9. The van der Waals surface area contributed by atoms with Gasteiger partial charge in [0.25, 0.3) is 0 Å². The van der Waals surface area contributed by atoms with Gasteiger partial charge in [0.15, 0.2) is 5.96 Å². The number of nitrogens with zero attached hydrogens (tertiary/aromatic N) is 2. The maximum absolute atomic E-state index is 12.3. The SMILES string of the molecule is CCCS(=O)(=O)N1CCC(NC(=NCCS(=O)c2ccccc2)NCC)CC1.I. The molecule has 1 aliphatic rings. The van der Waals surface area contributed by atoms with E-state index in [1.165, 1.54) is 0 Å². The van der Waals surface area contributed by atoms with Gasteiger partial charge in [-0.25, -0.2) is 12.7 Å². The zero-order valence-corrected chi connectivity index (χ0v) is 21.1. The van der Waals surface area contributed by atoms with Gasteiger partial charge >= 0.3 is 0 Å². The molecule has 1 aliphatic heterocycles. The number of piperidine rings is 1. The lowest BCUT2D eigenvalue weighted by molar-refractivity contribution is 0.306. The van der Waals surface area contributed by atoms with E-state index in [9.17, 15) is 12.6 Å². The van der Waals surface area contributed by atoms with E-state index in [2.05, 4.69) is 15.6 Å². The topological polar surface area (TPSA) is 90.9 Å². The second-order valence-electron chi connectivity index (χ2n) is 6.76. The first-order valence-electron chi connectivity index (χ1n) is 9.92. The van der Waals surface area contributed by atoms with E-state index in [1.807, 2.05) is 44.2 Å². The first-order chi connectivity index (χ1) is 13.5. The Morgan fingerprint density at radius 1 is 1.21 bits per heavy atom. The molecule has 2 rings (SSSR count). The van der Waals surface area contributed by atoms with Gasteiger partial charge in [-0.3, -0.25) is 9.20 Å². The number of halogens is 1. The smallest absolute Gasteiger partial charge is 0.214 e. The Morgan fingerprint density at radius 3 is 2.45 bits per heavy atom. The largest absolute Gasteiger partial charge is 0.357 e. The molecule has 1 aromatic carbocycles. The van der Waals surface area contributed by atoms with E-state index in [1.54, 1.807) is 4.31 Å². The van der Waals surface area contributed by atoms with Gasteiger partial charge in [0.2, 0.25) is 10.0 Å². The number of nitrogens with one attached hydrogen (secondary N) is 2. The Hall–Kier alpha value is -0.720. The van der Waals surface area contributed by atoms with Crippen molar-refractivity contribution in [1.82, 2.24) is 14.9 Å². The van der Waals surface area contributed by atoms with E-state index >= 15 is 0 Å². The van der Waals surface area contributed by atoms with E-state index < -0.39 is 20.8 Å². The Labute approximate surface area is 194 Å². The van der Waals surface area contributed by atoms with Crippen LogP contribution in [0.1, 0.15) is 33.1 Å². The third-order valence-electron chi connectivity index (χ3n) is 4.55. The van der Waals surface area contributed by atoms with E-state index in [0.29, 0.717) is 37.8 Å². The van der Waals surface area contributed by atoms with Gasteiger partial charge in [-0.1, -0.05) is 25.1 Å². The minimum absolute atomic E-state index is 0. The summed E-state index contributed by atoms with van der Waals surface area (Å²) in [6, 6.07) is 9.59. The summed E-state index contributed by atoms with van der Waals surface area (Å²) in [5, 5.41) is 6.61. The van der Waals surface area contributed by atoms with Crippen molar-refractivity contribution in [2.45, 2.75) is 44.0 Å². The quantitative estimate of drug-likeness (QED) is 0.277. The van der Waals surface area contributed by atoms with Gasteiger partial charge in [0.05, 0.1) is 23.1 Å². The van der Waals surface area contributed by atoms with Gasteiger partial charge in [-0.15, -0.1) is 24.0 Å². The molecule has 2 N–H and O–H groups in total. The summed E-state index contributed by atoms with van der Waals surface area (Å²) in [6.45, 7) is 6.15. The average Bonchev–Trinajstić information content (AvgIpc) is 2.69. The van der Waals surface area contributed by atoms with Crippen LogP contribution in [-0.2, 0) is 20.8 Å². The van der Waals surface area contributed by atoms with Crippen LogP contribution in [0.2, 0.25) is 0 Å². The lowest BCUT2D eigenvalue weighted by Crippen LogP contribution is -2.50. The van der Waals surface area contributed by atoms with Crippen molar-refractivity contribution in [3.05, 3.63) is 30.3 Å². The molecule has 1 heterocycles. The molecule has 1 aromatic rings. The highest BCUT2D eigenvalue weighted by Crippen LogP contribution is 2.15. The van der Waals surface area contributed by atoms with Crippen LogP contribution < -0.4 is 10.6 Å². The second kappa shape index (κ2) is 13.6. The van der Waals surface area contributed by atoms with Crippen molar-refractivity contribution < 1.29 is 12.6 Å². The van der Waals surface area contributed by atoms with Gasteiger partial charge in [0, 0.05) is 36.3 Å². The fourth-order valence-corrected chi connectivity index (χ4v) is 5.60. The maximum atomic E-state index is 12.3. The zero-order valence-electron chi connectivity index (χ0n) is 17.2. The Kier molecular flexibility index (Phi) is 12.3. The summed E-state index contributed by atoms with van der Waals surface area (Å²) in [6.07, 6.45) is 2.15. The molecule has 1 atom stereocenters. The molecule has 166 valence electrons. The van der Waals surface area contributed by atoms with Crippen molar-refractivity contribution in [2.24, 2.45) is 4.99 Å². The highest BCUT2D eigenvalue weighted by atomic mass is 127. The third-order valence-corrected chi connectivity index (χ3v) is 7.97. The van der Waals surface area contributed by atoms with Crippen molar-refractivity contribution in [2.75, 3.05) is 37.7 Å². The molecule has 0 bridgehead atoms. The van der Waals surface area contributed by atoms with Crippen LogP contribution in [0.15, 0.2) is 40.2 Å². The predicted octanol–water partition coefficient (Wildman–Crippen LogP) is 2.17. The molecular weight excluding hydrogens is 523 g/mol. The summed E-state index contributed by atoms with van der Waals surface area (Å²) < 4.78 is 38.3. The van der Waals surface area contributed by atoms with Crippen LogP contribution in [-0.4, -0.2) is 66.6 Å². The molecule has 1 fully saturated rings. The van der Waals surface area contributed by atoms with Crippen LogP contribution >= 0.6 is 24.0 Å². The van der Waals surface area contributed by atoms with Crippen molar-refractivity contribution >= 4 is 50.8 Å². The number of guanidine groups is 1. The fourth-order valence-electron chi connectivity index (χ4n) is 3.11. The van der Waals surface area contributed by atoms with Crippen molar-refractivity contribution in [1.29, 1.82) is 0 Å². The van der Waals surface area contributed by atoms with Crippen LogP contribution in [0, 0.1) is 0 Å². The molecule has 1 saturated heterocycles. The maximum Gasteiger partial charge on any atom is 0.214 e. The molecule has 7 nitrogen and oxygen atoms in total. The standard InChI is InChI=1S/C19H32N4O3S2.HI/c1-3-16-28(25,26)23-13-10-17(11-14-23)22-19(20-4-2)21-12-15-27(24)18-8-6-5-7-9-18;/h5-9,17H,3-4,10-16H2,1-2H3,(H2,20,21,22);1H. The van der Waals surface area contributed by atoms with Gasteiger partial charge < -0.3 is 10.6 Å². The Morgan fingerprint density at radius 2 is 1.86 bits per heavy atom. The van der Waals surface area contributed by atoms with Crippen LogP contribution in [0.4, 0.5) is 0 Å². The fraction of sp³-hybridized carbons (Fsp3) is 0.632. The molecule has 0 spiro atoms. The molecule has 0 radical (unpaired) electrons. The van der Waals surface area contributed by atoms with Crippen LogP contribution in [0.3, 0.4) is 0 Å². The van der Waals surface area contributed by atoms with E-state index in [-0.39, 0.29) is 35.8 Å². The summed E-state index contributed by atoms with van der Waals surface area (Å²) >= 11 is 0. The van der Waals surface area contributed by atoms with Crippen LogP contribution in [0.5, 0.6) is 0 Å². The summed E-state index contributed by atoms with van der Waals surface area (Å²) in [5.74, 6) is 1.38. The molecule has 0 aliphatic carbocycles. The summed E-state index contributed by atoms with van der Waals surface area (Å²) in [5.41, 5.74) is 0. The molecule has 1 unspecified atom stereocenters. The molecule has 10 heteroatoms. The van der Waals surface area contributed by atoms with Crippen molar-refractivity contribution in [3.63, 3.8) is 0 Å². The van der Waals surface area contributed by atoms with Gasteiger partial charge in [-0.2, -0.15) is 0 Å². The molecule has 0 saturated carbocycles. The summed E-state index contributed by atoms with van der Waals surface area (Å²) in [4.78, 5) is 5.36. The number of aliphatic imine (C=N–C) groups is 1. The lowest BCUT2D eigenvalue weighted by Gasteiger charge is -2.32. The third kappa shape index (κ3) is 8.89. The summed E-state index contributed by atoms with van der Waals surface area (Å²) in [7, 11) is -4.18. The minimum atomic E-state index is -3.12. The average molecular weight is 557 g/mol. The number of hydrogen-bond acceptors (Lipinski definition) is 4. The highest BCUT2D eigenvalue weighted by molar-refractivity contribution is 14.0. The highest BCUT2D eigenvalue weighted by Gasteiger charge is 2.27. The molecule has 29 heavy (non-hydrogen) atoms. The number of benzene rings is 1. The zero-order chi connectivity index (χ0) is 20.4. The van der Waals surface area contributed by atoms with E-state index in [4.69, 9.17) is 0 Å². The first-order valence-corrected chi connectivity index (χ1v) is 12.8. The Bertz CT molecular complexity index is 752. The first kappa shape index (κ1) is 26.3. The van der Waals surface area contributed by atoms with Crippen LogP contribution in [0.25, 0.3) is 0 Å².